The van der Waals surface area contributed by atoms with Crippen LogP contribution in [0.25, 0.3) is 0 Å². The second-order valence-corrected chi connectivity index (χ2v) is 4.72. The van der Waals surface area contributed by atoms with Crippen LogP contribution in [0.5, 0.6) is 0 Å². The number of carbonyl (C=O) groups excluding carboxylic acids is 4. The van der Waals surface area contributed by atoms with E-state index in [0.29, 0.717) is 13.1 Å². The van der Waals surface area contributed by atoms with Crippen LogP contribution in [-0.2, 0) is 19.2 Å². The van der Waals surface area contributed by atoms with Gasteiger partial charge in [-0.15, -0.1) is 0 Å². The number of nitrogens with zero attached hydrogens (tertiary/aromatic N) is 2. The number of hydrogen-bond donors (Lipinski definition) is 2. The zero-order chi connectivity index (χ0) is 20.5. The minimum atomic E-state index is 0.556. The van der Waals surface area contributed by atoms with Gasteiger partial charge in [0.05, 0.1) is 13.1 Å². The number of rotatable bonds is 7. The SMILES string of the molecule is Cc1ccc(C)cc1.N=C=O.N=C=O.O=C=NCCCCCCN=C=O. The molecular formula is C18H24N4O4. The molecule has 0 saturated carbocycles. The Hall–Kier alpha value is -3.26. The summed E-state index contributed by atoms with van der Waals surface area (Å²) in [5.74, 6) is 0. The summed E-state index contributed by atoms with van der Waals surface area (Å²) >= 11 is 0. The first-order valence-corrected chi connectivity index (χ1v) is 7.72. The van der Waals surface area contributed by atoms with Gasteiger partial charge >= 0.3 is 0 Å². The molecule has 0 aliphatic rings. The fourth-order valence-corrected chi connectivity index (χ4v) is 1.46. The number of hydrogen-bond acceptors (Lipinski definition) is 8. The minimum Gasteiger partial charge on any atom is -0.222 e. The Kier molecular flexibility index (Phi) is 28.2. The summed E-state index contributed by atoms with van der Waals surface area (Å²) in [6.45, 7) is 5.31. The van der Waals surface area contributed by atoms with Crippen molar-refractivity contribution in [1.29, 1.82) is 10.8 Å². The summed E-state index contributed by atoms with van der Waals surface area (Å²) in [7, 11) is 0. The molecule has 0 radical (unpaired) electrons. The molecule has 0 saturated heterocycles. The number of unbranched alkanes of at least 4 members (excludes halogenated alkanes) is 3. The molecule has 1 rings (SSSR count). The normalized spacial score (nSPS) is 7.31. The highest BCUT2D eigenvalue weighted by Gasteiger charge is 1.87. The van der Waals surface area contributed by atoms with E-state index in [-0.39, 0.29) is 0 Å². The van der Waals surface area contributed by atoms with Gasteiger partial charge in [0.25, 0.3) is 0 Å². The van der Waals surface area contributed by atoms with E-state index >= 15 is 0 Å². The van der Waals surface area contributed by atoms with Crippen LogP contribution in [0.2, 0.25) is 0 Å². The van der Waals surface area contributed by atoms with Gasteiger partial charge in [-0.2, -0.15) is 0 Å². The average molecular weight is 360 g/mol. The summed E-state index contributed by atoms with van der Waals surface area (Å²) in [4.78, 5) is 42.8. The highest BCUT2D eigenvalue weighted by molar-refractivity contribution is 5.32. The first kappa shape index (κ1) is 27.6. The number of nitrogens with one attached hydrogen (secondary N) is 2. The first-order chi connectivity index (χ1) is 12.5. The van der Waals surface area contributed by atoms with E-state index in [2.05, 4.69) is 48.1 Å². The van der Waals surface area contributed by atoms with Crippen LogP contribution in [0.3, 0.4) is 0 Å². The van der Waals surface area contributed by atoms with Crippen molar-refractivity contribution in [2.24, 2.45) is 9.98 Å². The monoisotopic (exact) mass is 360 g/mol. The fourth-order valence-electron chi connectivity index (χ4n) is 1.46. The van der Waals surface area contributed by atoms with Crippen molar-refractivity contribution in [3.05, 3.63) is 35.4 Å². The third-order valence-electron chi connectivity index (χ3n) is 2.64. The lowest BCUT2D eigenvalue weighted by Crippen LogP contribution is -1.84. The van der Waals surface area contributed by atoms with E-state index in [1.807, 2.05) is 0 Å². The number of benzene rings is 1. The van der Waals surface area contributed by atoms with Gasteiger partial charge < -0.3 is 0 Å². The largest absolute Gasteiger partial charge is 0.234 e. The van der Waals surface area contributed by atoms with Gasteiger partial charge in [-0.25, -0.2) is 40.0 Å². The molecule has 0 spiro atoms. The Bertz CT molecular complexity index is 550. The zero-order valence-corrected chi connectivity index (χ0v) is 15.1. The Morgan fingerprint density at radius 2 is 0.962 bits per heavy atom. The predicted molar refractivity (Wildman–Crippen MR) is 97.2 cm³/mol. The Morgan fingerprint density at radius 3 is 1.19 bits per heavy atom. The highest BCUT2D eigenvalue weighted by atomic mass is 16.1. The van der Waals surface area contributed by atoms with Crippen molar-refractivity contribution in [1.82, 2.24) is 0 Å². The molecule has 1 aromatic carbocycles. The van der Waals surface area contributed by atoms with E-state index in [4.69, 9.17) is 20.4 Å². The predicted octanol–water partition coefficient (Wildman–Crippen LogP) is 3.32. The molecule has 0 bridgehead atoms. The standard InChI is InChI=1S/C8H12N2O2.C8H10.2CHNO/c11-7-9-5-3-1-2-4-6-10-8-12;1-7-3-5-8(2)6-4-7;2*2-1-3/h1-6H2;3-6H,1-2H3;2*2H. The van der Waals surface area contributed by atoms with Crippen LogP contribution in [0.4, 0.5) is 0 Å². The molecule has 0 atom stereocenters. The fraction of sp³-hybridized carbons (Fsp3) is 0.444. The van der Waals surface area contributed by atoms with Crippen molar-refractivity contribution in [3.63, 3.8) is 0 Å². The number of aliphatic imine (C=N–C) groups is 2. The first-order valence-electron chi connectivity index (χ1n) is 7.72. The summed E-state index contributed by atoms with van der Waals surface area (Å²) in [6.07, 6.45) is 8.30. The van der Waals surface area contributed by atoms with Crippen molar-refractivity contribution in [3.8, 4) is 0 Å². The van der Waals surface area contributed by atoms with Crippen molar-refractivity contribution < 1.29 is 19.2 Å². The van der Waals surface area contributed by atoms with Crippen LogP contribution in [0, 0.1) is 24.7 Å². The molecule has 0 aliphatic carbocycles. The number of isocyanates is 4. The van der Waals surface area contributed by atoms with Gasteiger partial charge in [0.1, 0.15) is 0 Å². The molecular weight excluding hydrogens is 336 g/mol. The molecule has 140 valence electrons. The van der Waals surface area contributed by atoms with Crippen LogP contribution >= 0.6 is 0 Å². The van der Waals surface area contributed by atoms with E-state index in [1.165, 1.54) is 23.3 Å². The minimum absolute atomic E-state index is 0.556. The summed E-state index contributed by atoms with van der Waals surface area (Å²) in [5.41, 5.74) is 2.66. The lowest BCUT2D eigenvalue weighted by Gasteiger charge is -1.93. The Morgan fingerprint density at radius 1 is 0.692 bits per heavy atom. The molecule has 2 N–H and O–H groups in total. The highest BCUT2D eigenvalue weighted by Crippen LogP contribution is 2.00. The topological polar surface area (TPSA) is 141 Å². The quantitative estimate of drug-likeness (QED) is 0.437. The maximum Gasteiger partial charge on any atom is 0.234 e. The smallest absolute Gasteiger partial charge is 0.222 e. The van der Waals surface area contributed by atoms with Gasteiger partial charge in [-0.3, -0.25) is 0 Å². The third-order valence-corrected chi connectivity index (χ3v) is 2.64. The Labute approximate surface area is 153 Å². The Balaban J connectivity index is -0.000000323. The molecule has 26 heavy (non-hydrogen) atoms. The van der Waals surface area contributed by atoms with E-state index < -0.39 is 0 Å². The van der Waals surface area contributed by atoms with Crippen molar-refractivity contribution >= 4 is 24.3 Å². The number of aryl methyl sites for hydroxylation is 2. The van der Waals surface area contributed by atoms with E-state index in [0.717, 1.165) is 37.8 Å². The molecule has 0 unspecified atom stereocenters. The van der Waals surface area contributed by atoms with Gasteiger partial charge in [0, 0.05) is 0 Å². The van der Waals surface area contributed by atoms with E-state index in [9.17, 15) is 9.59 Å². The van der Waals surface area contributed by atoms with Crippen LogP contribution < -0.4 is 0 Å². The van der Waals surface area contributed by atoms with E-state index in [1.54, 1.807) is 0 Å². The molecule has 0 heterocycles. The molecule has 1 aromatic rings. The van der Waals surface area contributed by atoms with Crippen LogP contribution in [0.1, 0.15) is 36.8 Å². The maximum absolute atomic E-state index is 9.63. The van der Waals surface area contributed by atoms with Gasteiger partial charge in [0.2, 0.25) is 24.3 Å². The molecule has 0 aromatic heterocycles. The van der Waals surface area contributed by atoms with Gasteiger partial charge in [0.15, 0.2) is 0 Å². The lowest BCUT2D eigenvalue weighted by molar-refractivity contribution is 0.558. The molecule has 0 aliphatic heterocycles. The molecule has 8 heteroatoms. The second-order valence-electron chi connectivity index (χ2n) is 4.72. The van der Waals surface area contributed by atoms with Crippen molar-refractivity contribution in [2.75, 3.05) is 13.1 Å². The maximum atomic E-state index is 9.63. The van der Waals surface area contributed by atoms with Gasteiger partial charge in [-0.05, 0) is 26.7 Å². The third kappa shape index (κ3) is 32.6. The van der Waals surface area contributed by atoms with Crippen molar-refractivity contribution in [2.45, 2.75) is 39.5 Å². The summed E-state index contributed by atoms with van der Waals surface area (Å²) in [6, 6.07) is 8.48. The van der Waals surface area contributed by atoms with Crippen LogP contribution in [0.15, 0.2) is 34.3 Å². The van der Waals surface area contributed by atoms with Crippen LogP contribution in [-0.4, -0.2) is 37.4 Å². The second kappa shape index (κ2) is 26.6. The average Bonchev–Trinajstić information content (AvgIpc) is 2.62. The lowest BCUT2D eigenvalue weighted by atomic mass is 10.2. The molecule has 0 fully saturated rings. The van der Waals surface area contributed by atoms with Gasteiger partial charge in [-0.1, -0.05) is 48.2 Å². The summed E-state index contributed by atoms with van der Waals surface area (Å²) < 4.78 is 0. The summed E-state index contributed by atoms with van der Waals surface area (Å²) in [5, 5.41) is 10.8. The molecule has 0 amide bonds. The zero-order valence-electron chi connectivity index (χ0n) is 15.1. The molecule has 8 nitrogen and oxygen atoms in total.